The second-order valence-electron chi connectivity index (χ2n) is 4.34. The topological polar surface area (TPSA) is 12.0 Å². The standard InChI is InChI=1S/C10H12F2.C5H13N.C2H6.C2H4/c1-2-3-4-8-5-9(11)7-10(12)6-8;1-3-4-5-6-2;2*1-2/h5-7H,2-4H2,1H3;6H,3-5H2,1-2H3;1-2H3;1-2H2. The molecule has 0 amide bonds. The molecule has 3 heteroatoms. The minimum Gasteiger partial charge on any atom is -0.320 e. The molecule has 0 aromatic heterocycles. The quantitative estimate of drug-likeness (QED) is 0.491. The normalized spacial score (nSPS) is 8.50. The number of unbranched alkanes of at least 4 members (excludes halogenated alkanes) is 2. The van der Waals surface area contributed by atoms with E-state index >= 15 is 0 Å². The summed E-state index contributed by atoms with van der Waals surface area (Å²) >= 11 is 0. The van der Waals surface area contributed by atoms with Crippen LogP contribution in [0.25, 0.3) is 0 Å². The Hall–Kier alpha value is -1.22. The summed E-state index contributed by atoms with van der Waals surface area (Å²) in [5.74, 6) is -0.970. The summed E-state index contributed by atoms with van der Waals surface area (Å²) in [6.45, 7) is 15.4. The van der Waals surface area contributed by atoms with Gasteiger partial charge in [0.25, 0.3) is 0 Å². The summed E-state index contributed by atoms with van der Waals surface area (Å²) in [6, 6.07) is 3.67. The Balaban J connectivity index is -0.000000306. The Labute approximate surface area is 136 Å². The molecule has 0 spiro atoms. The van der Waals surface area contributed by atoms with Crippen LogP contribution in [0.15, 0.2) is 31.4 Å². The van der Waals surface area contributed by atoms with Gasteiger partial charge >= 0.3 is 0 Å². The molecule has 0 fully saturated rings. The highest BCUT2D eigenvalue weighted by atomic mass is 19.1. The van der Waals surface area contributed by atoms with E-state index in [2.05, 4.69) is 32.3 Å². The van der Waals surface area contributed by atoms with Crippen molar-refractivity contribution in [2.24, 2.45) is 0 Å². The second-order valence-corrected chi connectivity index (χ2v) is 4.34. The van der Waals surface area contributed by atoms with Crippen molar-refractivity contribution in [3.8, 4) is 0 Å². The summed E-state index contributed by atoms with van der Waals surface area (Å²) in [5.41, 5.74) is 0.745. The van der Waals surface area contributed by atoms with Crippen LogP contribution in [0.4, 0.5) is 8.78 Å². The van der Waals surface area contributed by atoms with Gasteiger partial charge in [-0.25, -0.2) is 8.78 Å². The number of hydrogen-bond acceptors (Lipinski definition) is 1. The van der Waals surface area contributed by atoms with E-state index in [0.717, 1.165) is 37.4 Å². The van der Waals surface area contributed by atoms with E-state index in [1.165, 1.54) is 25.0 Å². The molecule has 0 saturated heterocycles. The maximum atomic E-state index is 12.6. The van der Waals surface area contributed by atoms with Crippen LogP contribution in [0.2, 0.25) is 0 Å². The van der Waals surface area contributed by atoms with Gasteiger partial charge in [0, 0.05) is 6.07 Å². The van der Waals surface area contributed by atoms with Gasteiger partial charge in [-0.05, 0) is 50.6 Å². The molecule has 0 aliphatic heterocycles. The van der Waals surface area contributed by atoms with Gasteiger partial charge in [-0.1, -0.05) is 40.5 Å². The summed E-state index contributed by atoms with van der Waals surface area (Å²) < 4.78 is 25.2. The van der Waals surface area contributed by atoms with Crippen LogP contribution >= 0.6 is 0 Å². The van der Waals surface area contributed by atoms with Crippen LogP contribution in [0.3, 0.4) is 0 Å². The zero-order valence-corrected chi connectivity index (χ0v) is 15.1. The van der Waals surface area contributed by atoms with Crippen molar-refractivity contribution in [3.63, 3.8) is 0 Å². The van der Waals surface area contributed by atoms with Crippen molar-refractivity contribution >= 4 is 0 Å². The minimum absolute atomic E-state index is 0.485. The monoisotopic (exact) mass is 315 g/mol. The zero-order chi connectivity index (χ0) is 17.8. The van der Waals surface area contributed by atoms with Crippen molar-refractivity contribution in [1.29, 1.82) is 0 Å². The molecule has 0 bridgehead atoms. The molecule has 0 heterocycles. The molecule has 1 aromatic carbocycles. The Morgan fingerprint density at radius 2 is 1.36 bits per heavy atom. The average molecular weight is 315 g/mol. The van der Waals surface area contributed by atoms with E-state index in [4.69, 9.17) is 0 Å². The predicted molar refractivity (Wildman–Crippen MR) is 96.4 cm³/mol. The summed E-state index contributed by atoms with van der Waals surface area (Å²) in [4.78, 5) is 0. The van der Waals surface area contributed by atoms with Gasteiger partial charge in [-0.2, -0.15) is 0 Å². The lowest BCUT2D eigenvalue weighted by molar-refractivity contribution is 0.578. The van der Waals surface area contributed by atoms with Crippen molar-refractivity contribution in [2.75, 3.05) is 13.6 Å². The van der Waals surface area contributed by atoms with Gasteiger partial charge in [0.15, 0.2) is 0 Å². The Morgan fingerprint density at radius 1 is 0.909 bits per heavy atom. The molecule has 130 valence electrons. The number of aryl methyl sites for hydroxylation is 1. The second kappa shape index (κ2) is 22.1. The summed E-state index contributed by atoms with van der Waals surface area (Å²) in [6.07, 6.45) is 5.36. The van der Waals surface area contributed by atoms with Gasteiger partial charge in [0.1, 0.15) is 11.6 Å². The van der Waals surface area contributed by atoms with Crippen LogP contribution in [0, 0.1) is 11.6 Å². The third-order valence-corrected chi connectivity index (χ3v) is 2.52. The first-order valence-electron chi connectivity index (χ1n) is 8.23. The molecule has 1 rings (SSSR count). The lowest BCUT2D eigenvalue weighted by Crippen LogP contribution is -2.06. The molecule has 0 unspecified atom stereocenters. The maximum Gasteiger partial charge on any atom is 0.126 e. The molecule has 1 aromatic rings. The van der Waals surface area contributed by atoms with E-state index < -0.39 is 11.6 Å². The highest BCUT2D eigenvalue weighted by Gasteiger charge is 1.99. The molecular formula is C19H35F2N. The Bertz CT molecular complexity index is 303. The highest BCUT2D eigenvalue weighted by Crippen LogP contribution is 2.10. The van der Waals surface area contributed by atoms with Crippen molar-refractivity contribution < 1.29 is 8.78 Å². The SMILES string of the molecule is C=C.CC.CCCCNC.CCCCc1cc(F)cc(F)c1. The van der Waals surface area contributed by atoms with E-state index in [9.17, 15) is 8.78 Å². The van der Waals surface area contributed by atoms with Crippen LogP contribution in [-0.4, -0.2) is 13.6 Å². The minimum atomic E-state index is -0.485. The lowest BCUT2D eigenvalue weighted by Gasteiger charge is -1.99. The molecule has 22 heavy (non-hydrogen) atoms. The van der Waals surface area contributed by atoms with Crippen LogP contribution in [0.5, 0.6) is 0 Å². The van der Waals surface area contributed by atoms with Crippen LogP contribution in [0.1, 0.15) is 58.9 Å². The fraction of sp³-hybridized carbons (Fsp3) is 0.579. The predicted octanol–water partition coefficient (Wildman–Crippen LogP) is 6.14. The average Bonchev–Trinajstić information content (AvgIpc) is 2.54. The molecule has 0 aliphatic carbocycles. The Kier molecular flexibility index (Phi) is 25.8. The molecule has 1 nitrogen and oxygen atoms in total. The molecule has 1 N–H and O–H groups in total. The first-order chi connectivity index (χ1) is 10.6. The van der Waals surface area contributed by atoms with Crippen molar-refractivity contribution in [2.45, 2.75) is 59.8 Å². The van der Waals surface area contributed by atoms with Crippen LogP contribution < -0.4 is 5.32 Å². The Morgan fingerprint density at radius 3 is 1.68 bits per heavy atom. The first kappa shape index (κ1) is 25.7. The van der Waals surface area contributed by atoms with E-state index in [1.807, 2.05) is 20.9 Å². The van der Waals surface area contributed by atoms with E-state index in [-0.39, 0.29) is 0 Å². The summed E-state index contributed by atoms with van der Waals surface area (Å²) in [7, 11) is 1.98. The fourth-order valence-electron chi connectivity index (χ4n) is 1.49. The van der Waals surface area contributed by atoms with Gasteiger partial charge < -0.3 is 5.32 Å². The number of rotatable bonds is 6. The lowest BCUT2D eigenvalue weighted by atomic mass is 10.1. The van der Waals surface area contributed by atoms with Crippen molar-refractivity contribution in [3.05, 3.63) is 48.6 Å². The van der Waals surface area contributed by atoms with Gasteiger partial charge in [0.05, 0.1) is 0 Å². The number of benzene rings is 1. The molecule has 0 radical (unpaired) electrons. The maximum absolute atomic E-state index is 12.6. The van der Waals surface area contributed by atoms with E-state index in [1.54, 1.807) is 0 Å². The van der Waals surface area contributed by atoms with Crippen LogP contribution in [-0.2, 0) is 6.42 Å². The third kappa shape index (κ3) is 18.8. The number of nitrogens with one attached hydrogen (secondary N) is 1. The van der Waals surface area contributed by atoms with Gasteiger partial charge in [0.2, 0.25) is 0 Å². The van der Waals surface area contributed by atoms with Gasteiger partial charge in [-0.15, -0.1) is 13.2 Å². The summed E-state index contributed by atoms with van der Waals surface area (Å²) in [5, 5.41) is 3.07. The third-order valence-electron chi connectivity index (χ3n) is 2.52. The fourth-order valence-corrected chi connectivity index (χ4v) is 1.49. The number of hydrogen-bond donors (Lipinski definition) is 1. The smallest absolute Gasteiger partial charge is 0.126 e. The van der Waals surface area contributed by atoms with Gasteiger partial charge in [-0.3, -0.25) is 0 Å². The van der Waals surface area contributed by atoms with E-state index in [0.29, 0.717) is 0 Å². The largest absolute Gasteiger partial charge is 0.320 e. The number of halogens is 2. The molecular weight excluding hydrogens is 280 g/mol. The zero-order valence-electron chi connectivity index (χ0n) is 15.1. The molecule has 0 saturated carbocycles. The molecule has 0 atom stereocenters. The first-order valence-corrected chi connectivity index (χ1v) is 8.23. The van der Waals surface area contributed by atoms with Crippen molar-refractivity contribution in [1.82, 2.24) is 5.32 Å². The molecule has 0 aliphatic rings. The highest BCUT2D eigenvalue weighted by molar-refractivity contribution is 5.17.